The van der Waals surface area contributed by atoms with Gasteiger partial charge in [-0.2, -0.15) is 0 Å². The molecule has 2 saturated heterocycles. The largest absolute Gasteiger partial charge is 0.459 e. The fourth-order valence-electron chi connectivity index (χ4n) is 3.12. The van der Waals surface area contributed by atoms with E-state index in [0.717, 1.165) is 13.1 Å². The maximum atomic E-state index is 12.3. The summed E-state index contributed by atoms with van der Waals surface area (Å²) in [6.45, 7) is 4.95. The van der Waals surface area contributed by atoms with Gasteiger partial charge in [0.15, 0.2) is 5.76 Å². The predicted molar refractivity (Wildman–Crippen MR) is 81.5 cm³/mol. The van der Waals surface area contributed by atoms with Crippen LogP contribution in [0, 0.1) is 0 Å². The lowest BCUT2D eigenvalue weighted by Crippen LogP contribution is -2.52. The van der Waals surface area contributed by atoms with Crippen molar-refractivity contribution in [3.05, 3.63) is 24.2 Å². The molecule has 1 aromatic rings. The second-order valence-electron chi connectivity index (χ2n) is 5.99. The third-order valence-electron chi connectivity index (χ3n) is 4.46. The number of hydrogen-bond donors (Lipinski definition) is 0. The van der Waals surface area contributed by atoms with Crippen LogP contribution in [0.5, 0.6) is 0 Å². The van der Waals surface area contributed by atoms with Gasteiger partial charge < -0.3 is 14.2 Å². The number of hydrogen-bond acceptors (Lipinski definition) is 4. The van der Waals surface area contributed by atoms with E-state index in [4.69, 9.17) is 4.42 Å². The molecule has 1 aromatic heterocycles. The van der Waals surface area contributed by atoms with Gasteiger partial charge in [-0.15, -0.1) is 0 Å². The third kappa shape index (κ3) is 3.50. The molecule has 0 aromatic carbocycles. The van der Waals surface area contributed by atoms with E-state index in [1.165, 1.54) is 25.5 Å². The number of amides is 2. The number of furan rings is 1. The topological polar surface area (TPSA) is 57.0 Å². The molecule has 120 valence electrons. The van der Waals surface area contributed by atoms with Gasteiger partial charge in [0, 0.05) is 26.2 Å². The molecule has 2 amide bonds. The summed E-state index contributed by atoms with van der Waals surface area (Å²) in [6, 6.07) is 3.39. The van der Waals surface area contributed by atoms with Crippen molar-refractivity contribution < 1.29 is 14.0 Å². The Morgan fingerprint density at radius 2 is 1.64 bits per heavy atom. The van der Waals surface area contributed by atoms with E-state index in [1.807, 2.05) is 4.90 Å². The van der Waals surface area contributed by atoms with Crippen molar-refractivity contribution in [1.29, 1.82) is 0 Å². The number of carbonyl (C=O) groups excluding carboxylic acids is 2. The van der Waals surface area contributed by atoms with Crippen molar-refractivity contribution in [1.82, 2.24) is 14.7 Å². The molecule has 2 aliphatic rings. The summed E-state index contributed by atoms with van der Waals surface area (Å²) in [5.41, 5.74) is 0. The van der Waals surface area contributed by atoms with E-state index in [2.05, 4.69) is 4.90 Å². The Kier molecular flexibility index (Phi) is 4.77. The zero-order chi connectivity index (χ0) is 15.4. The van der Waals surface area contributed by atoms with Crippen LogP contribution >= 0.6 is 0 Å². The van der Waals surface area contributed by atoms with E-state index >= 15 is 0 Å². The summed E-state index contributed by atoms with van der Waals surface area (Å²) in [7, 11) is 0. The monoisotopic (exact) mass is 305 g/mol. The van der Waals surface area contributed by atoms with E-state index in [1.54, 1.807) is 17.0 Å². The fraction of sp³-hybridized carbons (Fsp3) is 0.625. The molecule has 0 unspecified atom stereocenters. The molecule has 6 nitrogen and oxygen atoms in total. The molecule has 0 radical (unpaired) electrons. The molecule has 0 N–H and O–H groups in total. The lowest BCUT2D eigenvalue weighted by molar-refractivity contribution is -0.134. The van der Waals surface area contributed by atoms with Gasteiger partial charge in [0.1, 0.15) is 0 Å². The Morgan fingerprint density at radius 1 is 0.955 bits per heavy atom. The molecule has 2 fully saturated rings. The van der Waals surface area contributed by atoms with Crippen molar-refractivity contribution in [3.8, 4) is 0 Å². The van der Waals surface area contributed by atoms with Crippen LogP contribution in [-0.2, 0) is 4.79 Å². The number of piperazine rings is 1. The summed E-state index contributed by atoms with van der Waals surface area (Å²) in [5.74, 6) is 0.466. The van der Waals surface area contributed by atoms with Gasteiger partial charge in [-0.1, -0.05) is 6.42 Å². The highest BCUT2D eigenvalue weighted by Crippen LogP contribution is 2.12. The summed E-state index contributed by atoms with van der Waals surface area (Å²) >= 11 is 0. The second kappa shape index (κ2) is 6.96. The van der Waals surface area contributed by atoms with Gasteiger partial charge in [-0.3, -0.25) is 14.5 Å². The first-order valence-electron chi connectivity index (χ1n) is 8.07. The van der Waals surface area contributed by atoms with Gasteiger partial charge >= 0.3 is 0 Å². The number of rotatable bonds is 3. The Hall–Kier alpha value is -1.82. The summed E-state index contributed by atoms with van der Waals surface area (Å²) in [4.78, 5) is 30.4. The summed E-state index contributed by atoms with van der Waals surface area (Å²) < 4.78 is 5.14. The number of carbonyl (C=O) groups is 2. The van der Waals surface area contributed by atoms with E-state index in [-0.39, 0.29) is 11.8 Å². The van der Waals surface area contributed by atoms with Gasteiger partial charge in [0.2, 0.25) is 5.91 Å². The van der Waals surface area contributed by atoms with Crippen molar-refractivity contribution >= 4 is 11.8 Å². The van der Waals surface area contributed by atoms with Crippen LogP contribution in [0.3, 0.4) is 0 Å². The predicted octanol–water partition coefficient (Wildman–Crippen LogP) is 1.05. The molecule has 0 bridgehead atoms. The minimum absolute atomic E-state index is 0.0897. The highest BCUT2D eigenvalue weighted by atomic mass is 16.3. The van der Waals surface area contributed by atoms with Gasteiger partial charge in [0.25, 0.3) is 5.91 Å². The van der Waals surface area contributed by atoms with Gasteiger partial charge in [-0.05, 0) is 38.1 Å². The normalized spacial score (nSPS) is 20.2. The Labute approximate surface area is 130 Å². The van der Waals surface area contributed by atoms with Crippen molar-refractivity contribution in [2.75, 3.05) is 45.8 Å². The van der Waals surface area contributed by atoms with Crippen LogP contribution in [0.15, 0.2) is 22.8 Å². The van der Waals surface area contributed by atoms with Crippen molar-refractivity contribution in [2.24, 2.45) is 0 Å². The summed E-state index contributed by atoms with van der Waals surface area (Å²) in [5, 5.41) is 0. The molecule has 0 atom stereocenters. The first kappa shape index (κ1) is 15.1. The standard InChI is InChI=1S/C16H23N3O3/c20-15(13-17-6-2-1-3-7-17)18-8-10-19(11-9-18)16(21)14-5-4-12-22-14/h4-5,12H,1-3,6-11,13H2. The number of piperidine rings is 1. The third-order valence-corrected chi connectivity index (χ3v) is 4.46. The molecule has 3 rings (SSSR count). The first-order valence-corrected chi connectivity index (χ1v) is 8.07. The molecular weight excluding hydrogens is 282 g/mol. The van der Waals surface area contributed by atoms with E-state index in [0.29, 0.717) is 38.5 Å². The minimum Gasteiger partial charge on any atom is -0.459 e. The summed E-state index contributed by atoms with van der Waals surface area (Å²) in [6.07, 6.45) is 5.17. The smallest absolute Gasteiger partial charge is 0.289 e. The average molecular weight is 305 g/mol. The molecule has 2 aliphatic heterocycles. The van der Waals surface area contributed by atoms with Crippen molar-refractivity contribution in [2.45, 2.75) is 19.3 Å². The molecule has 22 heavy (non-hydrogen) atoms. The zero-order valence-electron chi connectivity index (χ0n) is 12.9. The second-order valence-corrected chi connectivity index (χ2v) is 5.99. The Morgan fingerprint density at radius 3 is 2.27 bits per heavy atom. The highest BCUT2D eigenvalue weighted by Gasteiger charge is 2.26. The van der Waals surface area contributed by atoms with E-state index < -0.39 is 0 Å². The van der Waals surface area contributed by atoms with Crippen LogP contribution in [0.4, 0.5) is 0 Å². The highest BCUT2D eigenvalue weighted by molar-refractivity contribution is 5.91. The molecular formula is C16H23N3O3. The Balaban J connectivity index is 1.46. The lowest BCUT2D eigenvalue weighted by Gasteiger charge is -2.36. The molecule has 0 saturated carbocycles. The number of nitrogens with zero attached hydrogens (tertiary/aromatic N) is 3. The average Bonchev–Trinajstić information content (AvgIpc) is 3.10. The maximum Gasteiger partial charge on any atom is 0.289 e. The molecule has 0 spiro atoms. The maximum absolute atomic E-state index is 12.3. The van der Waals surface area contributed by atoms with Crippen LogP contribution < -0.4 is 0 Å². The van der Waals surface area contributed by atoms with Crippen molar-refractivity contribution in [3.63, 3.8) is 0 Å². The van der Waals surface area contributed by atoms with Gasteiger partial charge in [-0.25, -0.2) is 0 Å². The number of likely N-dealkylation sites (tertiary alicyclic amines) is 1. The molecule has 0 aliphatic carbocycles. The lowest BCUT2D eigenvalue weighted by atomic mass is 10.1. The fourth-order valence-corrected chi connectivity index (χ4v) is 3.12. The Bertz CT molecular complexity index is 501. The minimum atomic E-state index is -0.0897. The quantitative estimate of drug-likeness (QED) is 0.837. The van der Waals surface area contributed by atoms with Crippen LogP contribution in [0.1, 0.15) is 29.8 Å². The SMILES string of the molecule is O=C(CN1CCCCC1)N1CCN(C(=O)c2ccco2)CC1. The first-order chi connectivity index (χ1) is 10.7. The molecule has 3 heterocycles. The van der Waals surface area contributed by atoms with Crippen LogP contribution in [-0.4, -0.2) is 72.3 Å². The molecule has 6 heteroatoms. The van der Waals surface area contributed by atoms with Crippen LogP contribution in [0.2, 0.25) is 0 Å². The van der Waals surface area contributed by atoms with Gasteiger partial charge in [0.05, 0.1) is 12.8 Å². The van der Waals surface area contributed by atoms with Crippen LogP contribution in [0.25, 0.3) is 0 Å². The zero-order valence-corrected chi connectivity index (χ0v) is 12.9. The van der Waals surface area contributed by atoms with E-state index in [9.17, 15) is 9.59 Å².